The van der Waals surface area contributed by atoms with Gasteiger partial charge in [-0.1, -0.05) is 17.7 Å². The lowest BCUT2D eigenvalue weighted by atomic mass is 10.0. The lowest BCUT2D eigenvalue weighted by Gasteiger charge is -2.13. The lowest BCUT2D eigenvalue weighted by Crippen LogP contribution is -2.19. The van der Waals surface area contributed by atoms with Crippen molar-refractivity contribution in [3.8, 4) is 5.75 Å². The predicted molar refractivity (Wildman–Crippen MR) is 55.0 cm³/mol. The van der Waals surface area contributed by atoms with Crippen LogP contribution in [0.4, 0.5) is 4.79 Å². The molecule has 1 amide bonds. The molecular formula is C11H13NO3. The number of nitrogens with one attached hydrogen (secondary N) is 1. The van der Waals surface area contributed by atoms with Gasteiger partial charge in [0, 0.05) is 5.56 Å². The minimum Gasteiger partial charge on any atom is -0.496 e. The molecule has 1 N–H and O–H groups in total. The molecule has 0 saturated carbocycles. The minimum absolute atomic E-state index is 0.104. The fourth-order valence-electron chi connectivity index (χ4n) is 1.68. The van der Waals surface area contributed by atoms with Crippen LogP contribution in [-0.2, 0) is 4.74 Å². The summed E-state index contributed by atoms with van der Waals surface area (Å²) < 4.78 is 10.1. The Morgan fingerprint density at radius 2 is 2.33 bits per heavy atom. The molecule has 1 fully saturated rings. The van der Waals surface area contributed by atoms with Gasteiger partial charge in [0.1, 0.15) is 12.4 Å². The number of carbonyl (C=O) groups excluding carboxylic acids is 1. The third kappa shape index (κ3) is 1.88. The van der Waals surface area contributed by atoms with Gasteiger partial charge in [-0.25, -0.2) is 4.79 Å². The SMILES string of the molecule is COc1ccc(C)cc1C1COC(=O)N1. The van der Waals surface area contributed by atoms with Crippen LogP contribution >= 0.6 is 0 Å². The van der Waals surface area contributed by atoms with Crippen molar-refractivity contribution in [3.05, 3.63) is 29.3 Å². The van der Waals surface area contributed by atoms with Crippen molar-refractivity contribution in [2.24, 2.45) is 0 Å². The highest BCUT2D eigenvalue weighted by molar-refractivity contribution is 5.70. The molecule has 0 bridgehead atoms. The maximum atomic E-state index is 10.9. The number of cyclic esters (lactones) is 1. The molecule has 80 valence electrons. The first-order valence-electron chi connectivity index (χ1n) is 4.78. The molecule has 4 heteroatoms. The molecule has 1 saturated heterocycles. The highest BCUT2D eigenvalue weighted by Crippen LogP contribution is 2.28. The van der Waals surface area contributed by atoms with Gasteiger partial charge in [0.25, 0.3) is 0 Å². The van der Waals surface area contributed by atoms with Crippen LogP contribution in [0.3, 0.4) is 0 Å². The molecule has 4 nitrogen and oxygen atoms in total. The van der Waals surface area contributed by atoms with Gasteiger partial charge in [-0.3, -0.25) is 0 Å². The van der Waals surface area contributed by atoms with Gasteiger partial charge in [0.05, 0.1) is 13.2 Å². The van der Waals surface area contributed by atoms with Gasteiger partial charge in [-0.15, -0.1) is 0 Å². The smallest absolute Gasteiger partial charge is 0.407 e. The summed E-state index contributed by atoms with van der Waals surface area (Å²) in [4.78, 5) is 10.9. The average molecular weight is 207 g/mol. The Labute approximate surface area is 88.2 Å². The Balaban J connectivity index is 2.33. The van der Waals surface area contributed by atoms with Crippen molar-refractivity contribution in [2.75, 3.05) is 13.7 Å². The van der Waals surface area contributed by atoms with Crippen LogP contribution in [-0.4, -0.2) is 19.8 Å². The highest BCUT2D eigenvalue weighted by atomic mass is 16.6. The highest BCUT2D eigenvalue weighted by Gasteiger charge is 2.26. The Morgan fingerprint density at radius 1 is 1.53 bits per heavy atom. The van der Waals surface area contributed by atoms with E-state index < -0.39 is 0 Å². The van der Waals surface area contributed by atoms with Crippen molar-refractivity contribution in [2.45, 2.75) is 13.0 Å². The molecule has 2 rings (SSSR count). The molecule has 1 aliphatic heterocycles. The third-order valence-electron chi connectivity index (χ3n) is 2.43. The summed E-state index contributed by atoms with van der Waals surface area (Å²) in [7, 11) is 1.62. The largest absolute Gasteiger partial charge is 0.496 e. The van der Waals surface area contributed by atoms with Gasteiger partial charge in [0.15, 0.2) is 0 Å². The van der Waals surface area contributed by atoms with Crippen LogP contribution in [0.15, 0.2) is 18.2 Å². The second-order valence-electron chi connectivity index (χ2n) is 3.54. The zero-order valence-corrected chi connectivity index (χ0v) is 8.74. The Hall–Kier alpha value is -1.71. The molecular weight excluding hydrogens is 194 g/mol. The number of aryl methyl sites for hydroxylation is 1. The summed E-state index contributed by atoms with van der Waals surface area (Å²) in [5.41, 5.74) is 2.09. The third-order valence-corrected chi connectivity index (χ3v) is 2.43. The van der Waals surface area contributed by atoms with Crippen molar-refractivity contribution >= 4 is 6.09 Å². The van der Waals surface area contributed by atoms with Crippen molar-refractivity contribution in [1.82, 2.24) is 5.32 Å². The molecule has 0 aromatic heterocycles. The summed E-state index contributed by atoms with van der Waals surface area (Å²) in [5.74, 6) is 0.774. The number of alkyl carbamates (subject to hydrolysis) is 1. The molecule has 1 atom stereocenters. The zero-order valence-electron chi connectivity index (χ0n) is 8.74. The molecule has 1 aromatic rings. The number of hydrogen-bond acceptors (Lipinski definition) is 3. The fourth-order valence-corrected chi connectivity index (χ4v) is 1.68. The minimum atomic E-state index is -0.372. The maximum Gasteiger partial charge on any atom is 0.407 e. The van der Waals surface area contributed by atoms with E-state index in [9.17, 15) is 4.79 Å². The van der Waals surface area contributed by atoms with Gasteiger partial charge in [-0.05, 0) is 13.0 Å². The topological polar surface area (TPSA) is 47.6 Å². The standard InChI is InChI=1S/C11H13NO3/c1-7-3-4-10(14-2)8(5-7)9-6-15-11(13)12-9/h3-5,9H,6H2,1-2H3,(H,12,13). The van der Waals surface area contributed by atoms with Gasteiger partial charge in [0.2, 0.25) is 0 Å². The van der Waals surface area contributed by atoms with Gasteiger partial charge >= 0.3 is 6.09 Å². The Morgan fingerprint density at radius 3 is 2.93 bits per heavy atom. The maximum absolute atomic E-state index is 10.9. The van der Waals surface area contributed by atoms with Crippen LogP contribution in [0.25, 0.3) is 0 Å². The zero-order chi connectivity index (χ0) is 10.8. The summed E-state index contributed by atoms with van der Waals surface area (Å²) in [6, 6.07) is 5.76. The van der Waals surface area contributed by atoms with E-state index in [0.29, 0.717) is 6.61 Å². The lowest BCUT2D eigenvalue weighted by molar-refractivity contribution is 0.177. The molecule has 1 unspecified atom stereocenters. The Kier molecular flexibility index (Phi) is 2.49. The van der Waals surface area contributed by atoms with E-state index in [1.807, 2.05) is 25.1 Å². The number of amides is 1. The fraction of sp³-hybridized carbons (Fsp3) is 0.364. The number of rotatable bonds is 2. The van der Waals surface area contributed by atoms with E-state index in [2.05, 4.69) is 5.32 Å². The van der Waals surface area contributed by atoms with Crippen molar-refractivity contribution < 1.29 is 14.3 Å². The summed E-state index contributed by atoms with van der Waals surface area (Å²) >= 11 is 0. The average Bonchev–Trinajstić information content (AvgIpc) is 2.65. The number of carbonyl (C=O) groups is 1. The summed E-state index contributed by atoms with van der Waals surface area (Å²) in [6.07, 6.45) is -0.372. The van der Waals surface area contributed by atoms with Crippen LogP contribution < -0.4 is 10.1 Å². The van der Waals surface area contributed by atoms with E-state index in [1.165, 1.54) is 0 Å². The molecule has 0 aliphatic carbocycles. The van der Waals surface area contributed by atoms with Crippen LogP contribution in [0.2, 0.25) is 0 Å². The molecule has 1 aromatic carbocycles. The second-order valence-corrected chi connectivity index (χ2v) is 3.54. The number of methoxy groups -OCH3 is 1. The van der Waals surface area contributed by atoms with E-state index in [4.69, 9.17) is 9.47 Å². The second kappa shape index (κ2) is 3.81. The molecule has 0 spiro atoms. The molecule has 15 heavy (non-hydrogen) atoms. The normalized spacial score (nSPS) is 19.6. The molecule has 1 aliphatic rings. The van der Waals surface area contributed by atoms with Crippen molar-refractivity contribution in [1.29, 1.82) is 0 Å². The Bertz CT molecular complexity index is 389. The van der Waals surface area contributed by atoms with E-state index in [-0.39, 0.29) is 12.1 Å². The van der Waals surface area contributed by atoms with Gasteiger partial charge in [-0.2, -0.15) is 0 Å². The van der Waals surface area contributed by atoms with Crippen LogP contribution in [0.5, 0.6) is 5.75 Å². The van der Waals surface area contributed by atoms with E-state index in [0.717, 1.165) is 16.9 Å². The first kappa shape index (κ1) is 9.83. The van der Waals surface area contributed by atoms with Gasteiger partial charge < -0.3 is 14.8 Å². The first-order chi connectivity index (χ1) is 7.20. The quantitative estimate of drug-likeness (QED) is 0.804. The summed E-state index contributed by atoms with van der Waals surface area (Å²) in [5, 5.41) is 2.73. The number of ether oxygens (including phenoxy) is 2. The molecule has 0 radical (unpaired) electrons. The van der Waals surface area contributed by atoms with Crippen molar-refractivity contribution in [3.63, 3.8) is 0 Å². The van der Waals surface area contributed by atoms with E-state index >= 15 is 0 Å². The van der Waals surface area contributed by atoms with Crippen LogP contribution in [0, 0.1) is 6.92 Å². The van der Waals surface area contributed by atoms with Crippen LogP contribution in [0.1, 0.15) is 17.2 Å². The first-order valence-corrected chi connectivity index (χ1v) is 4.78. The monoisotopic (exact) mass is 207 g/mol. The molecule has 1 heterocycles. The number of benzene rings is 1. The number of hydrogen-bond donors (Lipinski definition) is 1. The predicted octanol–water partition coefficient (Wildman–Crippen LogP) is 1.78. The van der Waals surface area contributed by atoms with E-state index in [1.54, 1.807) is 7.11 Å². The summed E-state index contributed by atoms with van der Waals surface area (Å²) in [6.45, 7) is 2.36.